The van der Waals surface area contributed by atoms with Crippen LogP contribution in [0.5, 0.6) is 0 Å². The Balaban J connectivity index is 2.81. The standard InChI is InChI=1S/C17H20N2O3/c1-3-11(2)17(15(20)21,19-16(18)22)14-10-6-8-12-7-4-5-9-13(12)14/h4-11H,3H2,1-2H3,(H,20,21)(H3,18,19,22)/t11-,17+/m0/s1. The van der Waals surface area contributed by atoms with Crippen LogP contribution < -0.4 is 11.1 Å². The van der Waals surface area contributed by atoms with E-state index in [2.05, 4.69) is 5.32 Å². The SMILES string of the molecule is CC[C@H](C)[C@](NC(N)=O)(C(=O)O)c1cccc2ccccc12. The molecule has 2 aromatic carbocycles. The lowest BCUT2D eigenvalue weighted by atomic mass is 9.75. The van der Waals surface area contributed by atoms with Gasteiger partial charge in [0.2, 0.25) is 0 Å². The third kappa shape index (κ3) is 2.50. The zero-order valence-corrected chi connectivity index (χ0v) is 12.7. The quantitative estimate of drug-likeness (QED) is 0.792. The molecule has 0 fully saturated rings. The normalized spacial score (nSPS) is 15.0. The number of fused-ring (bicyclic) bond motifs is 1. The van der Waals surface area contributed by atoms with Crippen LogP contribution in [0.1, 0.15) is 25.8 Å². The first kappa shape index (κ1) is 15.8. The van der Waals surface area contributed by atoms with Crippen molar-refractivity contribution in [2.24, 2.45) is 11.7 Å². The number of carbonyl (C=O) groups excluding carboxylic acids is 1. The molecule has 4 N–H and O–H groups in total. The van der Waals surface area contributed by atoms with Gasteiger partial charge >= 0.3 is 12.0 Å². The Kier molecular flexibility index (Phi) is 4.35. The average molecular weight is 300 g/mol. The van der Waals surface area contributed by atoms with Crippen LogP contribution >= 0.6 is 0 Å². The summed E-state index contributed by atoms with van der Waals surface area (Å²) in [6.45, 7) is 3.68. The minimum Gasteiger partial charge on any atom is -0.479 e. The maximum Gasteiger partial charge on any atom is 0.334 e. The maximum absolute atomic E-state index is 12.1. The van der Waals surface area contributed by atoms with Crippen molar-refractivity contribution in [2.45, 2.75) is 25.8 Å². The second-order valence-electron chi connectivity index (χ2n) is 5.44. The maximum atomic E-state index is 12.1. The minimum absolute atomic E-state index is 0.330. The first-order valence-electron chi connectivity index (χ1n) is 7.22. The molecule has 0 saturated carbocycles. The highest BCUT2D eigenvalue weighted by atomic mass is 16.4. The molecular formula is C17H20N2O3. The van der Waals surface area contributed by atoms with Gasteiger partial charge in [0, 0.05) is 0 Å². The fourth-order valence-corrected chi connectivity index (χ4v) is 2.91. The molecule has 116 valence electrons. The molecule has 0 spiro atoms. The predicted molar refractivity (Wildman–Crippen MR) is 85.4 cm³/mol. The van der Waals surface area contributed by atoms with Gasteiger partial charge < -0.3 is 16.2 Å². The molecule has 0 aromatic heterocycles. The lowest BCUT2D eigenvalue weighted by Gasteiger charge is -2.36. The second kappa shape index (κ2) is 6.05. The largest absolute Gasteiger partial charge is 0.479 e. The Labute approximate surface area is 129 Å². The molecule has 0 radical (unpaired) electrons. The van der Waals surface area contributed by atoms with E-state index in [1.165, 1.54) is 0 Å². The number of urea groups is 1. The zero-order chi connectivity index (χ0) is 16.3. The van der Waals surface area contributed by atoms with Crippen LogP contribution in [0.25, 0.3) is 10.8 Å². The summed E-state index contributed by atoms with van der Waals surface area (Å²) in [5.41, 5.74) is 4.27. The zero-order valence-electron chi connectivity index (χ0n) is 12.7. The van der Waals surface area contributed by atoms with Gasteiger partial charge in [0.15, 0.2) is 5.54 Å². The molecule has 22 heavy (non-hydrogen) atoms. The Hall–Kier alpha value is -2.56. The predicted octanol–water partition coefficient (Wildman–Crippen LogP) is 2.83. The van der Waals surface area contributed by atoms with Crippen molar-refractivity contribution < 1.29 is 14.7 Å². The van der Waals surface area contributed by atoms with Gasteiger partial charge in [0.05, 0.1) is 0 Å². The summed E-state index contributed by atoms with van der Waals surface area (Å²) in [4.78, 5) is 23.6. The summed E-state index contributed by atoms with van der Waals surface area (Å²) in [5.74, 6) is -1.44. The number of hydrogen-bond donors (Lipinski definition) is 3. The average Bonchev–Trinajstić information content (AvgIpc) is 2.50. The molecule has 2 atom stereocenters. The number of nitrogens with two attached hydrogens (primary N) is 1. The van der Waals surface area contributed by atoms with Gasteiger partial charge in [-0.2, -0.15) is 0 Å². The van der Waals surface area contributed by atoms with Gasteiger partial charge in [-0.3, -0.25) is 0 Å². The van der Waals surface area contributed by atoms with Crippen molar-refractivity contribution in [3.05, 3.63) is 48.0 Å². The molecule has 2 rings (SSSR count). The number of rotatable bonds is 5. The number of carboxylic acids is 1. The summed E-state index contributed by atoms with van der Waals surface area (Å²) in [6.07, 6.45) is 0.579. The highest BCUT2D eigenvalue weighted by molar-refractivity contribution is 5.95. The van der Waals surface area contributed by atoms with Gasteiger partial charge in [0.25, 0.3) is 0 Å². The summed E-state index contributed by atoms with van der Waals surface area (Å²) in [7, 11) is 0. The molecule has 0 bridgehead atoms. The van der Waals surface area contributed by atoms with Crippen molar-refractivity contribution in [3.8, 4) is 0 Å². The second-order valence-corrected chi connectivity index (χ2v) is 5.44. The van der Waals surface area contributed by atoms with E-state index >= 15 is 0 Å². The molecule has 0 aliphatic rings. The highest BCUT2D eigenvalue weighted by Gasteiger charge is 2.46. The van der Waals surface area contributed by atoms with Gasteiger partial charge in [-0.25, -0.2) is 9.59 Å². The summed E-state index contributed by atoms with van der Waals surface area (Å²) in [5, 5.41) is 14.1. The smallest absolute Gasteiger partial charge is 0.334 e. The number of carbonyl (C=O) groups is 2. The Morgan fingerprint density at radius 2 is 1.86 bits per heavy atom. The number of amides is 2. The van der Waals surface area contributed by atoms with Crippen LogP contribution in [0.2, 0.25) is 0 Å². The van der Waals surface area contributed by atoms with Crippen LogP contribution in [-0.4, -0.2) is 17.1 Å². The Morgan fingerprint density at radius 3 is 2.45 bits per heavy atom. The summed E-state index contributed by atoms with van der Waals surface area (Å²) < 4.78 is 0. The number of benzene rings is 2. The van der Waals surface area contributed by atoms with E-state index < -0.39 is 17.5 Å². The number of aliphatic carboxylic acids is 1. The van der Waals surface area contributed by atoms with E-state index in [4.69, 9.17) is 5.73 Å². The molecule has 0 heterocycles. The number of primary amides is 1. The van der Waals surface area contributed by atoms with Crippen molar-refractivity contribution in [1.82, 2.24) is 5.32 Å². The van der Waals surface area contributed by atoms with Crippen LogP contribution in [-0.2, 0) is 10.3 Å². The van der Waals surface area contributed by atoms with Gasteiger partial charge in [-0.05, 0) is 22.3 Å². The molecule has 2 amide bonds. The number of nitrogens with one attached hydrogen (secondary N) is 1. The Morgan fingerprint density at radius 1 is 1.23 bits per heavy atom. The van der Waals surface area contributed by atoms with E-state index in [1.54, 1.807) is 19.1 Å². The third-order valence-corrected chi connectivity index (χ3v) is 4.22. The molecule has 0 saturated heterocycles. The molecule has 5 heteroatoms. The summed E-state index contributed by atoms with van der Waals surface area (Å²) in [6, 6.07) is 12.1. The minimum atomic E-state index is -1.55. The van der Waals surface area contributed by atoms with Crippen molar-refractivity contribution >= 4 is 22.8 Å². The van der Waals surface area contributed by atoms with E-state index in [0.717, 1.165) is 10.8 Å². The third-order valence-electron chi connectivity index (χ3n) is 4.22. The van der Waals surface area contributed by atoms with Gasteiger partial charge in [0.1, 0.15) is 0 Å². The lowest BCUT2D eigenvalue weighted by molar-refractivity contribution is -0.147. The fourth-order valence-electron chi connectivity index (χ4n) is 2.91. The van der Waals surface area contributed by atoms with Crippen molar-refractivity contribution in [2.75, 3.05) is 0 Å². The van der Waals surface area contributed by atoms with Crippen molar-refractivity contribution in [1.29, 1.82) is 0 Å². The molecule has 0 aliphatic carbocycles. The van der Waals surface area contributed by atoms with Gasteiger partial charge in [-0.15, -0.1) is 0 Å². The fraction of sp³-hybridized carbons (Fsp3) is 0.294. The van der Waals surface area contributed by atoms with Crippen LogP contribution in [0.15, 0.2) is 42.5 Å². The van der Waals surface area contributed by atoms with E-state index in [1.807, 2.05) is 37.3 Å². The first-order chi connectivity index (χ1) is 10.4. The van der Waals surface area contributed by atoms with E-state index in [-0.39, 0.29) is 5.92 Å². The van der Waals surface area contributed by atoms with Crippen LogP contribution in [0.4, 0.5) is 4.79 Å². The molecule has 0 unspecified atom stereocenters. The molecular weight excluding hydrogens is 280 g/mol. The van der Waals surface area contributed by atoms with Crippen molar-refractivity contribution in [3.63, 3.8) is 0 Å². The number of hydrogen-bond acceptors (Lipinski definition) is 2. The van der Waals surface area contributed by atoms with E-state index in [9.17, 15) is 14.7 Å². The Bertz CT molecular complexity index is 709. The monoisotopic (exact) mass is 300 g/mol. The summed E-state index contributed by atoms with van der Waals surface area (Å²) >= 11 is 0. The molecule has 0 aliphatic heterocycles. The highest BCUT2D eigenvalue weighted by Crippen LogP contribution is 2.36. The molecule has 5 nitrogen and oxygen atoms in total. The van der Waals surface area contributed by atoms with Crippen LogP contribution in [0, 0.1) is 5.92 Å². The number of carboxylic acid groups (broad SMARTS) is 1. The first-order valence-corrected chi connectivity index (χ1v) is 7.22. The lowest BCUT2D eigenvalue weighted by Crippen LogP contribution is -2.57. The van der Waals surface area contributed by atoms with Crippen LogP contribution in [0.3, 0.4) is 0 Å². The topological polar surface area (TPSA) is 92.4 Å². The molecule has 2 aromatic rings. The van der Waals surface area contributed by atoms with Gasteiger partial charge in [-0.1, -0.05) is 62.7 Å². The van der Waals surface area contributed by atoms with E-state index in [0.29, 0.717) is 12.0 Å².